The van der Waals surface area contributed by atoms with Crippen LogP contribution in [-0.2, 0) is 23.8 Å². The fourth-order valence-corrected chi connectivity index (χ4v) is 5.20. The molecule has 0 amide bonds. The van der Waals surface area contributed by atoms with Gasteiger partial charge in [0.2, 0.25) is 5.79 Å². The summed E-state index contributed by atoms with van der Waals surface area (Å²) in [6.07, 6.45) is 1.21. The van der Waals surface area contributed by atoms with E-state index in [1.165, 1.54) is 0 Å². The van der Waals surface area contributed by atoms with E-state index in [1.54, 1.807) is 13.8 Å². The fraction of sp³-hybridized carbons (Fsp3) is 0.684. The summed E-state index contributed by atoms with van der Waals surface area (Å²) in [7, 11) is 0. The Hall–Kier alpha value is -1.66. The molecule has 1 saturated heterocycles. The standard InChI is InChI=1S/C19H24O6/c1-9(2)15(20)23-14-13-11(4)16(21)25-19(13,22)8-18-12(24-18)7-6-10(3)17(14,18)5/h10,12,14,22H,1,6-8H2,2-5H3/t10-,12+,14+,17-,18+,19?/m0/s1. The lowest BCUT2D eigenvalue weighted by Gasteiger charge is -2.54. The van der Waals surface area contributed by atoms with Crippen LogP contribution in [0.3, 0.4) is 0 Å². The molecule has 0 aromatic carbocycles. The van der Waals surface area contributed by atoms with Gasteiger partial charge in [0, 0.05) is 23.0 Å². The molecule has 4 rings (SSSR count). The quantitative estimate of drug-likeness (QED) is 0.467. The molecule has 2 heterocycles. The van der Waals surface area contributed by atoms with Crippen molar-refractivity contribution in [2.45, 2.75) is 70.6 Å². The number of carbonyl (C=O) groups is 2. The molecule has 1 unspecified atom stereocenters. The van der Waals surface area contributed by atoms with Crippen LogP contribution in [0.15, 0.2) is 23.3 Å². The maximum Gasteiger partial charge on any atom is 0.336 e. The van der Waals surface area contributed by atoms with Crippen LogP contribution in [0.4, 0.5) is 0 Å². The smallest absolute Gasteiger partial charge is 0.336 e. The van der Waals surface area contributed by atoms with Gasteiger partial charge in [0.05, 0.1) is 11.7 Å². The highest BCUT2D eigenvalue weighted by molar-refractivity contribution is 5.93. The molecule has 2 aliphatic heterocycles. The normalized spacial score (nSPS) is 47.4. The van der Waals surface area contributed by atoms with Crippen molar-refractivity contribution in [1.29, 1.82) is 0 Å². The molecule has 0 radical (unpaired) electrons. The molecule has 0 aromatic rings. The number of ether oxygens (including phenoxy) is 3. The predicted octanol–water partition coefficient (Wildman–Crippen LogP) is 2.01. The second-order valence-electron chi connectivity index (χ2n) is 8.21. The highest BCUT2D eigenvalue weighted by Gasteiger charge is 2.80. The molecule has 3 fully saturated rings. The van der Waals surface area contributed by atoms with E-state index >= 15 is 0 Å². The highest BCUT2D eigenvalue weighted by Crippen LogP contribution is 2.70. The van der Waals surface area contributed by atoms with Crippen LogP contribution in [0.2, 0.25) is 0 Å². The van der Waals surface area contributed by atoms with Crippen molar-refractivity contribution in [3.8, 4) is 0 Å². The summed E-state index contributed by atoms with van der Waals surface area (Å²) < 4.78 is 17.2. The molecular formula is C19H24O6. The molecule has 6 nitrogen and oxygen atoms in total. The number of epoxide rings is 1. The largest absolute Gasteiger partial charge is 0.453 e. The van der Waals surface area contributed by atoms with Crippen molar-refractivity contribution < 1.29 is 28.9 Å². The van der Waals surface area contributed by atoms with Crippen molar-refractivity contribution in [1.82, 2.24) is 0 Å². The topological polar surface area (TPSA) is 85.4 Å². The lowest BCUT2D eigenvalue weighted by atomic mass is 9.51. The van der Waals surface area contributed by atoms with Crippen LogP contribution in [0.5, 0.6) is 0 Å². The van der Waals surface area contributed by atoms with E-state index in [1.807, 2.05) is 6.92 Å². The minimum absolute atomic E-state index is 0.00934. The molecule has 0 aromatic heterocycles. The average molecular weight is 348 g/mol. The summed E-state index contributed by atoms with van der Waals surface area (Å²) in [5.41, 5.74) is -0.241. The van der Waals surface area contributed by atoms with Crippen LogP contribution in [0.1, 0.15) is 47.0 Å². The predicted molar refractivity (Wildman–Crippen MR) is 87.2 cm³/mol. The van der Waals surface area contributed by atoms with Gasteiger partial charge in [-0.1, -0.05) is 20.4 Å². The van der Waals surface area contributed by atoms with Gasteiger partial charge in [-0.3, -0.25) is 0 Å². The van der Waals surface area contributed by atoms with Gasteiger partial charge < -0.3 is 19.3 Å². The Morgan fingerprint density at radius 2 is 2.08 bits per heavy atom. The first kappa shape index (κ1) is 16.8. The van der Waals surface area contributed by atoms with Crippen molar-refractivity contribution >= 4 is 11.9 Å². The van der Waals surface area contributed by atoms with E-state index in [-0.39, 0.29) is 24.0 Å². The van der Waals surface area contributed by atoms with Crippen LogP contribution in [0.25, 0.3) is 0 Å². The van der Waals surface area contributed by atoms with E-state index in [4.69, 9.17) is 14.2 Å². The van der Waals surface area contributed by atoms with E-state index in [2.05, 4.69) is 13.5 Å². The number of carbonyl (C=O) groups excluding carboxylic acids is 2. The SMILES string of the molecule is C=C(C)C(=O)O[C@@H]1C2=C(C)C(=O)OC2(O)C[C@@]23O[C@@H]2CC[C@H](C)[C@@]13C. The summed E-state index contributed by atoms with van der Waals surface area (Å²) in [4.78, 5) is 24.5. The molecule has 6 heteroatoms. The van der Waals surface area contributed by atoms with Gasteiger partial charge in [0.15, 0.2) is 0 Å². The second kappa shape index (κ2) is 4.74. The number of esters is 2. The maximum atomic E-state index is 12.3. The number of fused-ring (bicyclic) bond motifs is 1. The van der Waals surface area contributed by atoms with Crippen LogP contribution < -0.4 is 0 Å². The first-order valence-electron chi connectivity index (χ1n) is 8.78. The third kappa shape index (κ3) is 1.87. The van der Waals surface area contributed by atoms with Crippen molar-refractivity contribution in [3.63, 3.8) is 0 Å². The Balaban J connectivity index is 1.89. The van der Waals surface area contributed by atoms with Crippen molar-refractivity contribution in [2.75, 3.05) is 0 Å². The number of hydrogen-bond acceptors (Lipinski definition) is 6. The zero-order valence-electron chi connectivity index (χ0n) is 15.0. The second-order valence-corrected chi connectivity index (χ2v) is 8.21. The Labute approximate surface area is 146 Å². The van der Waals surface area contributed by atoms with E-state index in [0.29, 0.717) is 11.1 Å². The molecule has 6 atom stereocenters. The van der Waals surface area contributed by atoms with Gasteiger partial charge in [-0.25, -0.2) is 9.59 Å². The van der Waals surface area contributed by atoms with Gasteiger partial charge in [-0.15, -0.1) is 0 Å². The number of hydrogen-bond donors (Lipinski definition) is 1. The van der Waals surface area contributed by atoms with Crippen LogP contribution in [-0.4, -0.2) is 40.6 Å². The first-order chi connectivity index (χ1) is 11.6. The lowest BCUT2D eigenvalue weighted by Crippen LogP contribution is -2.64. The van der Waals surface area contributed by atoms with Gasteiger partial charge in [-0.05, 0) is 32.6 Å². The Kier molecular flexibility index (Phi) is 3.18. The molecule has 4 aliphatic rings. The third-order valence-corrected chi connectivity index (χ3v) is 6.89. The monoisotopic (exact) mass is 348 g/mol. The lowest BCUT2D eigenvalue weighted by molar-refractivity contribution is -0.225. The Morgan fingerprint density at radius 1 is 1.40 bits per heavy atom. The number of aliphatic hydroxyl groups is 1. The summed E-state index contributed by atoms with van der Waals surface area (Å²) in [6, 6.07) is 0. The van der Waals surface area contributed by atoms with E-state index < -0.39 is 34.8 Å². The molecule has 2 aliphatic carbocycles. The van der Waals surface area contributed by atoms with Crippen molar-refractivity contribution in [2.24, 2.45) is 11.3 Å². The van der Waals surface area contributed by atoms with Crippen LogP contribution in [0, 0.1) is 11.3 Å². The highest BCUT2D eigenvalue weighted by atomic mass is 16.7. The average Bonchev–Trinajstić information content (AvgIpc) is 3.17. The van der Waals surface area contributed by atoms with Crippen LogP contribution >= 0.6 is 0 Å². The molecule has 0 bridgehead atoms. The summed E-state index contributed by atoms with van der Waals surface area (Å²) >= 11 is 0. The van der Waals surface area contributed by atoms with Crippen molar-refractivity contribution in [3.05, 3.63) is 23.3 Å². The molecule has 1 N–H and O–H groups in total. The first-order valence-corrected chi connectivity index (χ1v) is 8.78. The van der Waals surface area contributed by atoms with E-state index in [9.17, 15) is 14.7 Å². The van der Waals surface area contributed by atoms with Gasteiger partial charge in [0.1, 0.15) is 11.7 Å². The minimum Gasteiger partial charge on any atom is -0.453 e. The molecule has 2 saturated carbocycles. The maximum absolute atomic E-state index is 12.3. The number of rotatable bonds is 2. The zero-order valence-corrected chi connectivity index (χ0v) is 15.0. The molecule has 25 heavy (non-hydrogen) atoms. The minimum atomic E-state index is -1.77. The summed E-state index contributed by atoms with van der Waals surface area (Å²) in [6.45, 7) is 11.0. The van der Waals surface area contributed by atoms with Gasteiger partial charge in [0.25, 0.3) is 0 Å². The summed E-state index contributed by atoms with van der Waals surface area (Å²) in [5.74, 6) is -2.70. The summed E-state index contributed by atoms with van der Waals surface area (Å²) in [5, 5.41) is 11.1. The van der Waals surface area contributed by atoms with Gasteiger partial charge in [-0.2, -0.15) is 0 Å². The van der Waals surface area contributed by atoms with E-state index in [0.717, 1.165) is 12.8 Å². The molecule has 136 valence electrons. The Bertz CT molecular complexity index is 738. The zero-order chi connectivity index (χ0) is 18.4. The Morgan fingerprint density at radius 3 is 2.72 bits per heavy atom. The molecular weight excluding hydrogens is 324 g/mol. The fourth-order valence-electron chi connectivity index (χ4n) is 5.20. The molecule has 1 spiro atoms. The third-order valence-electron chi connectivity index (χ3n) is 6.89. The van der Waals surface area contributed by atoms with Gasteiger partial charge >= 0.3 is 11.9 Å².